The first kappa shape index (κ1) is 19.7. The number of nitrogens with zero attached hydrogens (tertiary/aromatic N) is 3. The van der Waals surface area contributed by atoms with Gasteiger partial charge in [0.1, 0.15) is 0 Å². The van der Waals surface area contributed by atoms with Gasteiger partial charge in [-0.3, -0.25) is 9.10 Å². The Balaban J connectivity index is 1.99. The van der Waals surface area contributed by atoms with Crippen LogP contribution in [0.25, 0.3) is 0 Å². The number of benzene rings is 1. The second-order valence-electron chi connectivity index (χ2n) is 6.42. The Morgan fingerprint density at radius 2 is 1.68 bits per heavy atom. The molecule has 25 heavy (non-hydrogen) atoms. The van der Waals surface area contributed by atoms with E-state index in [0.717, 1.165) is 44.7 Å². The first-order chi connectivity index (χ1) is 11.8. The number of likely N-dealkylation sites (N-methyl/N-ethyl adjacent to an activating group) is 1. The average molecular weight is 368 g/mol. The zero-order chi connectivity index (χ0) is 18.4. The molecule has 0 bridgehead atoms. The molecule has 6 nitrogen and oxygen atoms in total. The van der Waals surface area contributed by atoms with Gasteiger partial charge in [-0.05, 0) is 30.7 Å². The minimum atomic E-state index is -3.42. The number of aryl methyl sites for hydroxylation is 1. The molecule has 0 atom stereocenters. The molecule has 0 radical (unpaired) electrons. The quantitative estimate of drug-likeness (QED) is 0.734. The monoisotopic (exact) mass is 367 g/mol. The number of rotatable bonds is 7. The third-order valence-electron chi connectivity index (χ3n) is 4.73. The lowest BCUT2D eigenvalue weighted by atomic mass is 10.1. The minimum Gasteiger partial charge on any atom is -0.340 e. The van der Waals surface area contributed by atoms with E-state index < -0.39 is 10.0 Å². The summed E-state index contributed by atoms with van der Waals surface area (Å²) in [5.74, 6) is 0.0228. The summed E-state index contributed by atoms with van der Waals surface area (Å²) in [7, 11) is -3.42. The Morgan fingerprint density at radius 1 is 1.08 bits per heavy atom. The summed E-state index contributed by atoms with van der Waals surface area (Å²) in [6.45, 7) is 8.56. The van der Waals surface area contributed by atoms with Gasteiger partial charge in [-0.25, -0.2) is 8.42 Å². The molecular weight excluding hydrogens is 338 g/mol. The van der Waals surface area contributed by atoms with Crippen molar-refractivity contribution in [3.63, 3.8) is 0 Å². The van der Waals surface area contributed by atoms with Crippen molar-refractivity contribution in [1.82, 2.24) is 9.80 Å². The number of anilines is 1. The smallest absolute Gasteiger partial charge is 0.232 e. The number of carbonyl (C=O) groups is 1. The number of piperazine rings is 1. The summed E-state index contributed by atoms with van der Waals surface area (Å²) in [4.78, 5) is 16.6. The van der Waals surface area contributed by atoms with Crippen LogP contribution in [0.1, 0.15) is 25.8 Å². The molecular formula is C18H29N3O3S. The van der Waals surface area contributed by atoms with Crippen LogP contribution in [0.3, 0.4) is 0 Å². The van der Waals surface area contributed by atoms with E-state index in [1.165, 1.54) is 10.6 Å². The number of amides is 1. The maximum atomic E-state index is 12.4. The topological polar surface area (TPSA) is 60.9 Å². The highest BCUT2D eigenvalue weighted by Gasteiger charge is 2.23. The van der Waals surface area contributed by atoms with Gasteiger partial charge in [0.2, 0.25) is 15.9 Å². The Labute approximate surface area is 151 Å². The third-order valence-corrected chi connectivity index (χ3v) is 5.93. The molecule has 2 rings (SSSR count). The van der Waals surface area contributed by atoms with Crippen molar-refractivity contribution >= 4 is 21.6 Å². The zero-order valence-electron chi connectivity index (χ0n) is 15.4. The van der Waals surface area contributed by atoms with E-state index in [1.807, 2.05) is 29.2 Å². The maximum absolute atomic E-state index is 12.4. The van der Waals surface area contributed by atoms with E-state index in [-0.39, 0.29) is 18.9 Å². The Hall–Kier alpha value is -1.60. The molecule has 1 saturated heterocycles. The zero-order valence-corrected chi connectivity index (χ0v) is 16.3. The highest BCUT2D eigenvalue weighted by Crippen LogP contribution is 2.19. The van der Waals surface area contributed by atoms with Crippen LogP contribution in [0.5, 0.6) is 0 Å². The van der Waals surface area contributed by atoms with Crippen molar-refractivity contribution in [2.45, 2.75) is 26.7 Å². The summed E-state index contributed by atoms with van der Waals surface area (Å²) in [5, 5.41) is 0. The van der Waals surface area contributed by atoms with Crippen molar-refractivity contribution in [3.8, 4) is 0 Å². The van der Waals surface area contributed by atoms with E-state index >= 15 is 0 Å². The Bertz CT molecular complexity index is 665. The molecule has 1 fully saturated rings. The van der Waals surface area contributed by atoms with Crippen LogP contribution in [0, 0.1) is 0 Å². The molecule has 0 spiro atoms. The summed E-state index contributed by atoms with van der Waals surface area (Å²) >= 11 is 0. The van der Waals surface area contributed by atoms with Crippen molar-refractivity contribution in [3.05, 3.63) is 29.8 Å². The van der Waals surface area contributed by atoms with Gasteiger partial charge in [0.25, 0.3) is 0 Å². The van der Waals surface area contributed by atoms with Crippen LogP contribution in [0.2, 0.25) is 0 Å². The molecule has 1 heterocycles. The molecule has 0 unspecified atom stereocenters. The Kier molecular flexibility index (Phi) is 6.84. The lowest BCUT2D eigenvalue weighted by molar-refractivity contribution is -0.132. The van der Waals surface area contributed by atoms with Crippen LogP contribution in [0.15, 0.2) is 24.3 Å². The molecule has 0 saturated carbocycles. The van der Waals surface area contributed by atoms with E-state index in [4.69, 9.17) is 0 Å². The predicted octanol–water partition coefficient (Wildman–Crippen LogP) is 1.57. The highest BCUT2D eigenvalue weighted by atomic mass is 32.2. The van der Waals surface area contributed by atoms with Gasteiger partial charge in [0.05, 0.1) is 11.9 Å². The SMILES string of the molecule is CCc1ccc(N(CCC(=O)N2CCN(CC)CC2)S(C)(=O)=O)cc1. The van der Waals surface area contributed by atoms with Crippen LogP contribution < -0.4 is 4.31 Å². The number of sulfonamides is 1. The molecule has 1 aliphatic rings. The second-order valence-corrected chi connectivity index (χ2v) is 8.33. The maximum Gasteiger partial charge on any atom is 0.232 e. The van der Waals surface area contributed by atoms with Gasteiger partial charge in [-0.2, -0.15) is 0 Å². The summed E-state index contributed by atoms with van der Waals surface area (Å²) in [6.07, 6.45) is 2.29. The molecule has 1 aliphatic heterocycles. The average Bonchev–Trinajstić information content (AvgIpc) is 2.61. The standard InChI is InChI=1S/C18H29N3O3S/c1-4-16-6-8-17(9-7-16)21(25(3,23)24)11-10-18(22)20-14-12-19(5-2)13-15-20/h6-9H,4-5,10-15H2,1-3H3. The van der Waals surface area contributed by atoms with Crippen LogP contribution in [-0.2, 0) is 21.2 Å². The van der Waals surface area contributed by atoms with Crippen molar-refractivity contribution in [1.29, 1.82) is 0 Å². The van der Waals surface area contributed by atoms with Gasteiger partial charge in [0.15, 0.2) is 0 Å². The molecule has 0 aliphatic carbocycles. The summed E-state index contributed by atoms with van der Waals surface area (Å²) < 4.78 is 25.6. The van der Waals surface area contributed by atoms with Gasteiger partial charge in [0, 0.05) is 39.1 Å². The predicted molar refractivity (Wildman–Crippen MR) is 101 cm³/mol. The molecule has 1 amide bonds. The van der Waals surface area contributed by atoms with E-state index in [1.54, 1.807) is 0 Å². The number of hydrogen-bond donors (Lipinski definition) is 0. The van der Waals surface area contributed by atoms with Crippen molar-refractivity contribution in [2.75, 3.05) is 49.8 Å². The second kappa shape index (κ2) is 8.67. The fourth-order valence-corrected chi connectivity index (χ4v) is 3.98. The number of hydrogen-bond acceptors (Lipinski definition) is 4. The van der Waals surface area contributed by atoms with E-state index in [9.17, 15) is 13.2 Å². The first-order valence-electron chi connectivity index (χ1n) is 8.92. The highest BCUT2D eigenvalue weighted by molar-refractivity contribution is 7.92. The van der Waals surface area contributed by atoms with Crippen LogP contribution in [-0.4, -0.2) is 69.6 Å². The summed E-state index contributed by atoms with van der Waals surface area (Å²) in [5.41, 5.74) is 1.77. The van der Waals surface area contributed by atoms with Crippen LogP contribution in [0.4, 0.5) is 5.69 Å². The number of carbonyl (C=O) groups excluding carboxylic acids is 1. The fraction of sp³-hybridized carbons (Fsp3) is 0.611. The van der Waals surface area contributed by atoms with E-state index in [0.29, 0.717) is 5.69 Å². The lowest BCUT2D eigenvalue weighted by Crippen LogP contribution is -2.49. The van der Waals surface area contributed by atoms with Gasteiger partial charge in [-0.1, -0.05) is 26.0 Å². The molecule has 1 aromatic carbocycles. The molecule has 7 heteroatoms. The van der Waals surface area contributed by atoms with Crippen LogP contribution >= 0.6 is 0 Å². The molecule has 0 N–H and O–H groups in total. The largest absolute Gasteiger partial charge is 0.340 e. The fourth-order valence-electron chi connectivity index (χ4n) is 3.05. The molecule has 1 aromatic rings. The van der Waals surface area contributed by atoms with Gasteiger partial charge in [-0.15, -0.1) is 0 Å². The van der Waals surface area contributed by atoms with Gasteiger partial charge < -0.3 is 9.80 Å². The lowest BCUT2D eigenvalue weighted by Gasteiger charge is -2.34. The van der Waals surface area contributed by atoms with E-state index in [2.05, 4.69) is 18.7 Å². The van der Waals surface area contributed by atoms with Gasteiger partial charge >= 0.3 is 0 Å². The van der Waals surface area contributed by atoms with Crippen molar-refractivity contribution < 1.29 is 13.2 Å². The molecule has 140 valence electrons. The third kappa shape index (κ3) is 5.44. The Morgan fingerprint density at radius 3 is 2.16 bits per heavy atom. The van der Waals surface area contributed by atoms with Crippen molar-refractivity contribution in [2.24, 2.45) is 0 Å². The first-order valence-corrected chi connectivity index (χ1v) is 10.8. The molecule has 0 aromatic heterocycles. The minimum absolute atomic E-state index is 0.0228. The summed E-state index contributed by atoms with van der Waals surface area (Å²) in [6, 6.07) is 7.48. The normalized spacial score (nSPS) is 16.0.